The molecule has 0 aromatic heterocycles. The number of nitrogens with one attached hydrogen (secondary N) is 2. The maximum atomic E-state index is 13.0. The van der Waals surface area contributed by atoms with E-state index in [4.69, 9.17) is 0 Å². The van der Waals surface area contributed by atoms with Gasteiger partial charge in [-0.15, -0.1) is 0 Å². The Morgan fingerprint density at radius 1 is 1.07 bits per heavy atom. The van der Waals surface area contributed by atoms with Crippen LogP contribution in [0.15, 0.2) is 60.7 Å². The van der Waals surface area contributed by atoms with Gasteiger partial charge in [-0.2, -0.15) is 11.8 Å². The Balaban J connectivity index is 1.50. The summed E-state index contributed by atoms with van der Waals surface area (Å²) in [6, 6.07) is 18.7. The third-order valence-electron chi connectivity index (χ3n) is 4.95. The van der Waals surface area contributed by atoms with E-state index in [0.717, 1.165) is 22.0 Å². The zero-order valence-electron chi connectivity index (χ0n) is 16.4. The highest BCUT2D eigenvalue weighted by Crippen LogP contribution is 2.32. The number of thioether (sulfide) groups is 1. The van der Waals surface area contributed by atoms with Gasteiger partial charge in [0.15, 0.2) is 0 Å². The molecule has 3 rings (SSSR count). The minimum atomic E-state index is -1.11. The molecular formula is C22H25N3O3S. The minimum absolute atomic E-state index is 0.275. The summed E-state index contributed by atoms with van der Waals surface area (Å²) in [5.74, 6) is 0.905. The molecule has 0 unspecified atom stereocenters. The summed E-state index contributed by atoms with van der Waals surface area (Å²) in [6.45, 7) is 2.05. The van der Waals surface area contributed by atoms with Crippen LogP contribution in [-0.4, -0.2) is 41.6 Å². The lowest BCUT2D eigenvalue weighted by atomic mass is 9.87. The first-order chi connectivity index (χ1) is 14.1. The fraction of sp³-hybridized carbons (Fsp3) is 0.318. The number of hydrogen-bond acceptors (Lipinski definition) is 4. The molecule has 1 heterocycles. The van der Waals surface area contributed by atoms with E-state index in [1.807, 2.05) is 55.5 Å². The number of hydrogen-bond donors (Lipinski definition) is 2. The predicted octanol–water partition coefficient (Wildman–Crippen LogP) is 2.89. The maximum absolute atomic E-state index is 13.0. The van der Waals surface area contributed by atoms with E-state index in [0.29, 0.717) is 13.0 Å². The largest absolute Gasteiger partial charge is 0.354 e. The number of carbonyl (C=O) groups excluding carboxylic acids is 3. The molecule has 29 heavy (non-hydrogen) atoms. The Labute approximate surface area is 175 Å². The molecule has 2 aromatic rings. The van der Waals surface area contributed by atoms with E-state index >= 15 is 0 Å². The van der Waals surface area contributed by atoms with Gasteiger partial charge in [-0.1, -0.05) is 67.6 Å². The van der Waals surface area contributed by atoms with Gasteiger partial charge in [0.2, 0.25) is 5.91 Å². The average Bonchev–Trinajstić information content (AvgIpc) is 3.00. The van der Waals surface area contributed by atoms with Crippen LogP contribution < -0.4 is 10.6 Å². The Hall–Kier alpha value is -2.80. The van der Waals surface area contributed by atoms with Crippen molar-refractivity contribution in [2.75, 3.05) is 18.8 Å². The third kappa shape index (κ3) is 4.79. The Morgan fingerprint density at radius 3 is 2.38 bits per heavy atom. The summed E-state index contributed by atoms with van der Waals surface area (Å²) in [4.78, 5) is 38.7. The van der Waals surface area contributed by atoms with E-state index in [1.54, 1.807) is 11.8 Å². The number of nitrogens with zero attached hydrogens (tertiary/aromatic N) is 1. The number of imide groups is 1. The lowest BCUT2D eigenvalue weighted by Crippen LogP contribution is -2.45. The minimum Gasteiger partial charge on any atom is -0.354 e. The summed E-state index contributed by atoms with van der Waals surface area (Å²) in [7, 11) is 0. The van der Waals surface area contributed by atoms with Crippen LogP contribution in [0.25, 0.3) is 0 Å². The molecule has 0 bridgehead atoms. The molecule has 152 valence electrons. The molecule has 0 saturated carbocycles. The average molecular weight is 412 g/mol. The number of urea groups is 1. The summed E-state index contributed by atoms with van der Waals surface area (Å²) in [5.41, 5.74) is 0.852. The first kappa shape index (κ1) is 20.9. The zero-order valence-corrected chi connectivity index (χ0v) is 17.2. The van der Waals surface area contributed by atoms with Gasteiger partial charge < -0.3 is 10.6 Å². The van der Waals surface area contributed by atoms with Crippen LogP contribution >= 0.6 is 11.8 Å². The smallest absolute Gasteiger partial charge is 0.325 e. The highest BCUT2D eigenvalue weighted by Gasteiger charge is 2.51. The van der Waals surface area contributed by atoms with Crippen LogP contribution in [0.4, 0.5) is 4.79 Å². The molecule has 1 saturated heterocycles. The van der Waals surface area contributed by atoms with Gasteiger partial charge in [-0.3, -0.25) is 14.5 Å². The summed E-state index contributed by atoms with van der Waals surface area (Å²) < 4.78 is 0. The molecule has 0 radical (unpaired) electrons. The van der Waals surface area contributed by atoms with Crippen molar-refractivity contribution in [2.45, 2.75) is 24.6 Å². The quantitative estimate of drug-likeness (QED) is 0.491. The van der Waals surface area contributed by atoms with Crippen LogP contribution in [0.1, 0.15) is 24.5 Å². The van der Waals surface area contributed by atoms with Crippen molar-refractivity contribution in [3.05, 3.63) is 71.8 Å². The summed E-state index contributed by atoms with van der Waals surface area (Å²) in [5, 5.41) is 5.57. The van der Waals surface area contributed by atoms with Crippen LogP contribution in [0, 0.1) is 0 Å². The van der Waals surface area contributed by atoms with Gasteiger partial charge in [0.1, 0.15) is 12.1 Å². The van der Waals surface area contributed by atoms with Crippen molar-refractivity contribution >= 4 is 29.6 Å². The van der Waals surface area contributed by atoms with Gasteiger partial charge in [0.05, 0.1) is 0 Å². The van der Waals surface area contributed by atoms with Crippen molar-refractivity contribution < 1.29 is 14.4 Å². The van der Waals surface area contributed by atoms with Gasteiger partial charge in [0.25, 0.3) is 5.91 Å². The van der Waals surface area contributed by atoms with Crippen LogP contribution in [0.2, 0.25) is 0 Å². The maximum Gasteiger partial charge on any atom is 0.325 e. The summed E-state index contributed by atoms with van der Waals surface area (Å²) >= 11 is 1.72. The lowest BCUT2D eigenvalue weighted by Gasteiger charge is -2.25. The van der Waals surface area contributed by atoms with E-state index < -0.39 is 11.6 Å². The molecule has 4 amide bonds. The number of carbonyl (C=O) groups is 3. The monoisotopic (exact) mass is 411 g/mol. The second-order valence-electron chi connectivity index (χ2n) is 6.83. The van der Waals surface area contributed by atoms with Gasteiger partial charge >= 0.3 is 6.03 Å². The molecule has 7 heteroatoms. The number of amides is 4. The van der Waals surface area contributed by atoms with Gasteiger partial charge in [-0.25, -0.2) is 4.79 Å². The molecule has 1 fully saturated rings. The van der Waals surface area contributed by atoms with Crippen molar-refractivity contribution in [2.24, 2.45) is 0 Å². The fourth-order valence-electron chi connectivity index (χ4n) is 3.36. The molecule has 1 aliphatic rings. The predicted molar refractivity (Wildman–Crippen MR) is 114 cm³/mol. The first-order valence-electron chi connectivity index (χ1n) is 9.65. The third-order valence-corrected chi connectivity index (χ3v) is 5.98. The SMILES string of the molecule is CC[C@]1(c2ccccc2)NC(=O)N(CC(=O)NCCSCc2ccccc2)C1=O. The topological polar surface area (TPSA) is 78.5 Å². The highest BCUT2D eigenvalue weighted by atomic mass is 32.2. The van der Waals surface area contributed by atoms with E-state index in [-0.39, 0.29) is 18.4 Å². The van der Waals surface area contributed by atoms with Crippen molar-refractivity contribution in [3.63, 3.8) is 0 Å². The van der Waals surface area contributed by atoms with Crippen molar-refractivity contribution in [3.8, 4) is 0 Å². The number of benzene rings is 2. The molecular weight excluding hydrogens is 386 g/mol. The summed E-state index contributed by atoms with van der Waals surface area (Å²) in [6.07, 6.45) is 0.413. The molecule has 2 aromatic carbocycles. The van der Waals surface area contributed by atoms with E-state index in [9.17, 15) is 14.4 Å². The lowest BCUT2D eigenvalue weighted by molar-refractivity contribution is -0.135. The van der Waals surface area contributed by atoms with Crippen LogP contribution in [0.5, 0.6) is 0 Å². The molecule has 0 spiro atoms. The highest BCUT2D eigenvalue weighted by molar-refractivity contribution is 7.98. The van der Waals surface area contributed by atoms with Crippen LogP contribution in [0.3, 0.4) is 0 Å². The molecule has 1 atom stereocenters. The second kappa shape index (κ2) is 9.60. The van der Waals surface area contributed by atoms with Gasteiger partial charge in [0, 0.05) is 18.1 Å². The second-order valence-corrected chi connectivity index (χ2v) is 7.94. The van der Waals surface area contributed by atoms with Crippen molar-refractivity contribution in [1.29, 1.82) is 0 Å². The van der Waals surface area contributed by atoms with Crippen LogP contribution in [-0.2, 0) is 20.9 Å². The first-order valence-corrected chi connectivity index (χ1v) is 10.8. The molecule has 2 N–H and O–H groups in total. The number of rotatable bonds is 9. The Morgan fingerprint density at radius 2 is 1.72 bits per heavy atom. The standard InChI is InChI=1S/C22H25N3O3S/c1-2-22(18-11-7-4-8-12-18)20(27)25(21(28)24-22)15-19(26)23-13-14-29-16-17-9-5-3-6-10-17/h3-12H,2,13-16H2,1H3,(H,23,26)(H,24,28)/t22-/m1/s1. The zero-order chi connectivity index (χ0) is 20.7. The normalized spacial score (nSPS) is 18.6. The Kier molecular flexibility index (Phi) is 6.93. The fourth-order valence-corrected chi connectivity index (χ4v) is 4.18. The molecule has 0 aliphatic carbocycles. The van der Waals surface area contributed by atoms with Gasteiger partial charge in [-0.05, 0) is 17.5 Å². The van der Waals surface area contributed by atoms with Crippen molar-refractivity contribution in [1.82, 2.24) is 15.5 Å². The Bertz CT molecular complexity index is 860. The van der Waals surface area contributed by atoms with E-state index in [1.165, 1.54) is 5.56 Å². The van der Waals surface area contributed by atoms with E-state index in [2.05, 4.69) is 22.8 Å². The molecule has 6 nitrogen and oxygen atoms in total. The molecule has 1 aliphatic heterocycles.